The van der Waals surface area contributed by atoms with E-state index in [2.05, 4.69) is 9.71 Å². The average molecular weight is 398 g/mol. The highest BCUT2D eigenvalue weighted by molar-refractivity contribution is 7.89. The van der Waals surface area contributed by atoms with Crippen molar-refractivity contribution in [1.29, 1.82) is 0 Å². The van der Waals surface area contributed by atoms with Gasteiger partial charge in [0.25, 0.3) is 5.91 Å². The zero-order valence-electron chi connectivity index (χ0n) is 12.4. The number of halogens is 2. The topological polar surface area (TPSA) is 160 Å². The number of amides is 1. The minimum atomic E-state index is -4.06. The van der Waals surface area contributed by atoms with Crippen LogP contribution in [0.25, 0.3) is 0 Å². The quantitative estimate of drug-likeness (QED) is 0.138. The Hall–Kier alpha value is -1.59. The summed E-state index contributed by atoms with van der Waals surface area (Å²) in [5, 5.41) is 9.00. The molecule has 0 aromatic heterocycles. The molecule has 0 saturated carbocycles. The van der Waals surface area contributed by atoms with Crippen LogP contribution in [-0.2, 0) is 14.8 Å². The molecule has 0 spiro atoms. The Morgan fingerprint density at radius 2 is 1.96 bits per heavy atom. The van der Waals surface area contributed by atoms with Crippen LogP contribution in [0.3, 0.4) is 0 Å². The van der Waals surface area contributed by atoms with Gasteiger partial charge < -0.3 is 11.5 Å². The van der Waals surface area contributed by atoms with E-state index >= 15 is 0 Å². The maximum Gasteiger partial charge on any atom is 0.261 e. The monoisotopic (exact) mass is 397 g/mol. The summed E-state index contributed by atoms with van der Waals surface area (Å²) in [5.74, 6) is -1.03. The SMILES string of the molecule is NC(N)=NCCCC(NS(=O)(=O)c1ccc(Cl)c(Cl)c1)C(=O)NO. The molecule has 9 nitrogen and oxygen atoms in total. The van der Waals surface area contributed by atoms with Gasteiger partial charge in [0, 0.05) is 6.54 Å². The molecule has 24 heavy (non-hydrogen) atoms. The van der Waals surface area contributed by atoms with Crippen molar-refractivity contribution in [2.45, 2.75) is 23.8 Å². The summed E-state index contributed by atoms with van der Waals surface area (Å²) >= 11 is 11.5. The van der Waals surface area contributed by atoms with E-state index in [1.165, 1.54) is 17.6 Å². The van der Waals surface area contributed by atoms with Crippen molar-refractivity contribution in [3.05, 3.63) is 28.2 Å². The first-order chi connectivity index (χ1) is 11.2. The first-order valence-electron chi connectivity index (χ1n) is 6.64. The van der Waals surface area contributed by atoms with Crippen molar-refractivity contribution in [2.24, 2.45) is 16.5 Å². The van der Waals surface area contributed by atoms with Gasteiger partial charge >= 0.3 is 0 Å². The third-order valence-corrected chi connectivity index (χ3v) is 5.08. The van der Waals surface area contributed by atoms with E-state index < -0.39 is 22.0 Å². The molecule has 0 heterocycles. The van der Waals surface area contributed by atoms with E-state index in [1.54, 1.807) is 0 Å². The Bertz CT molecular complexity index is 722. The van der Waals surface area contributed by atoms with Crippen molar-refractivity contribution >= 4 is 45.1 Å². The molecule has 1 rings (SSSR count). The summed E-state index contributed by atoms with van der Waals surface area (Å²) < 4.78 is 26.8. The molecule has 7 N–H and O–H groups in total. The minimum Gasteiger partial charge on any atom is -0.370 e. The van der Waals surface area contributed by atoms with E-state index in [9.17, 15) is 13.2 Å². The summed E-state index contributed by atoms with van der Waals surface area (Å²) in [4.78, 5) is 15.2. The number of nitrogens with two attached hydrogens (primary N) is 2. The Balaban J connectivity index is 2.89. The highest BCUT2D eigenvalue weighted by atomic mass is 35.5. The first-order valence-corrected chi connectivity index (χ1v) is 8.88. The van der Waals surface area contributed by atoms with Gasteiger partial charge in [0.15, 0.2) is 5.96 Å². The fraction of sp³-hybridized carbons (Fsp3) is 0.333. The van der Waals surface area contributed by atoms with Gasteiger partial charge in [0.1, 0.15) is 6.04 Å². The third kappa shape index (κ3) is 6.13. The van der Waals surface area contributed by atoms with Gasteiger partial charge in [-0.25, -0.2) is 13.9 Å². The molecule has 1 aromatic carbocycles. The molecular weight excluding hydrogens is 381 g/mol. The van der Waals surface area contributed by atoms with E-state index in [0.29, 0.717) is 6.42 Å². The Morgan fingerprint density at radius 3 is 2.50 bits per heavy atom. The number of aliphatic imine (C=N–C) groups is 1. The molecule has 0 aliphatic carbocycles. The molecule has 0 bridgehead atoms. The minimum absolute atomic E-state index is 0.0514. The second-order valence-electron chi connectivity index (χ2n) is 4.67. The van der Waals surface area contributed by atoms with E-state index in [-0.39, 0.29) is 33.9 Å². The standard InChI is InChI=1S/C12H17Cl2N5O4S/c13-8-4-3-7(6-9(8)14)24(22,23)19-10(11(20)18-21)2-1-5-17-12(15)16/h3-4,6,10,19,21H,1-2,5H2,(H,18,20)(H4,15,16,17). The number of nitrogens with one attached hydrogen (secondary N) is 2. The Labute approximate surface area is 149 Å². The Kier molecular flexibility index (Phi) is 7.70. The van der Waals surface area contributed by atoms with Gasteiger partial charge in [-0.15, -0.1) is 0 Å². The smallest absolute Gasteiger partial charge is 0.261 e. The first kappa shape index (κ1) is 20.5. The fourth-order valence-electron chi connectivity index (χ4n) is 1.72. The molecule has 134 valence electrons. The maximum absolute atomic E-state index is 12.3. The van der Waals surface area contributed by atoms with E-state index in [4.69, 9.17) is 39.9 Å². The van der Waals surface area contributed by atoms with Crippen LogP contribution in [-0.4, -0.2) is 38.1 Å². The maximum atomic E-state index is 12.3. The summed E-state index contributed by atoms with van der Waals surface area (Å²) in [6, 6.07) is 2.49. The van der Waals surface area contributed by atoms with Gasteiger partial charge in [-0.3, -0.25) is 15.0 Å². The summed E-state index contributed by atoms with van der Waals surface area (Å²) in [6.45, 7) is 0.200. The molecule has 1 amide bonds. The lowest BCUT2D eigenvalue weighted by Gasteiger charge is -2.16. The van der Waals surface area contributed by atoms with Gasteiger partial charge in [0.05, 0.1) is 14.9 Å². The highest BCUT2D eigenvalue weighted by Gasteiger charge is 2.25. The summed E-state index contributed by atoms with van der Waals surface area (Å²) in [6.07, 6.45) is 0.365. The predicted molar refractivity (Wildman–Crippen MR) is 90.4 cm³/mol. The normalized spacial score (nSPS) is 12.5. The molecular formula is C12H17Cl2N5O4S. The highest BCUT2D eigenvalue weighted by Crippen LogP contribution is 2.25. The number of guanidine groups is 1. The third-order valence-electron chi connectivity index (χ3n) is 2.87. The summed E-state index contributed by atoms with van der Waals surface area (Å²) in [5.41, 5.74) is 11.8. The average Bonchev–Trinajstić information content (AvgIpc) is 2.51. The van der Waals surface area contributed by atoms with Crippen molar-refractivity contribution in [1.82, 2.24) is 10.2 Å². The Morgan fingerprint density at radius 1 is 1.29 bits per heavy atom. The van der Waals surface area contributed by atoms with Crippen LogP contribution < -0.4 is 21.7 Å². The largest absolute Gasteiger partial charge is 0.370 e. The van der Waals surface area contributed by atoms with Crippen LogP contribution >= 0.6 is 23.2 Å². The van der Waals surface area contributed by atoms with Gasteiger partial charge in [-0.05, 0) is 31.0 Å². The zero-order valence-corrected chi connectivity index (χ0v) is 14.7. The lowest BCUT2D eigenvalue weighted by atomic mass is 10.1. The molecule has 1 atom stereocenters. The number of carbonyl (C=O) groups is 1. The summed E-state index contributed by atoms with van der Waals surface area (Å²) in [7, 11) is -4.06. The lowest BCUT2D eigenvalue weighted by Crippen LogP contribution is -2.45. The number of sulfonamides is 1. The van der Waals surface area contributed by atoms with E-state index in [1.807, 2.05) is 0 Å². The van der Waals surface area contributed by atoms with Gasteiger partial charge in [0.2, 0.25) is 10.0 Å². The van der Waals surface area contributed by atoms with Gasteiger partial charge in [-0.2, -0.15) is 4.72 Å². The number of carbonyl (C=O) groups excluding carboxylic acids is 1. The molecule has 0 saturated heterocycles. The molecule has 0 radical (unpaired) electrons. The molecule has 1 aromatic rings. The number of benzene rings is 1. The number of hydroxylamine groups is 1. The van der Waals surface area contributed by atoms with Crippen LogP contribution in [0.4, 0.5) is 0 Å². The number of nitrogens with zero attached hydrogens (tertiary/aromatic N) is 1. The van der Waals surface area contributed by atoms with Crippen molar-refractivity contribution < 1.29 is 18.4 Å². The van der Waals surface area contributed by atoms with Crippen LogP contribution in [0.5, 0.6) is 0 Å². The molecule has 1 unspecified atom stereocenters. The molecule has 0 aliphatic heterocycles. The second-order valence-corrected chi connectivity index (χ2v) is 7.20. The molecule has 12 heteroatoms. The fourth-order valence-corrected chi connectivity index (χ4v) is 3.34. The number of hydrogen-bond acceptors (Lipinski definition) is 5. The second kappa shape index (κ2) is 9.04. The van der Waals surface area contributed by atoms with Gasteiger partial charge in [-0.1, -0.05) is 23.2 Å². The van der Waals surface area contributed by atoms with Crippen LogP contribution in [0.1, 0.15) is 12.8 Å². The van der Waals surface area contributed by atoms with E-state index in [0.717, 1.165) is 6.07 Å². The van der Waals surface area contributed by atoms with Crippen molar-refractivity contribution in [2.75, 3.05) is 6.54 Å². The number of rotatable bonds is 8. The van der Waals surface area contributed by atoms with Crippen LogP contribution in [0.2, 0.25) is 10.0 Å². The predicted octanol–water partition coefficient (Wildman–Crippen LogP) is 0.199. The molecule has 0 aliphatic rings. The number of hydrogen-bond donors (Lipinski definition) is 5. The van der Waals surface area contributed by atoms with Crippen LogP contribution in [0.15, 0.2) is 28.1 Å². The van der Waals surface area contributed by atoms with Crippen molar-refractivity contribution in [3.63, 3.8) is 0 Å². The van der Waals surface area contributed by atoms with Crippen molar-refractivity contribution in [3.8, 4) is 0 Å². The lowest BCUT2D eigenvalue weighted by molar-refractivity contribution is -0.131. The zero-order chi connectivity index (χ0) is 18.3. The molecule has 0 fully saturated rings. The van der Waals surface area contributed by atoms with Crippen LogP contribution in [0, 0.1) is 0 Å².